The Hall–Kier alpha value is -4.46. The predicted molar refractivity (Wildman–Crippen MR) is 116 cm³/mol. The van der Waals surface area contributed by atoms with E-state index in [4.69, 9.17) is 18.6 Å². The van der Waals surface area contributed by atoms with Crippen LogP contribution in [-0.4, -0.2) is 23.0 Å². The number of carbonyl (C=O) groups is 1. The minimum atomic E-state index is -0.698. The average Bonchev–Trinajstić information content (AvgIpc) is 3.30. The highest BCUT2D eigenvalue weighted by Gasteiger charge is 2.37. The molecule has 2 aliphatic rings. The highest BCUT2D eigenvalue weighted by atomic mass is 16.7. The van der Waals surface area contributed by atoms with Crippen molar-refractivity contribution in [3.63, 3.8) is 0 Å². The maximum Gasteiger partial charge on any atom is 0.312 e. The van der Waals surface area contributed by atoms with E-state index in [1.54, 1.807) is 42.5 Å². The van der Waals surface area contributed by atoms with Crippen molar-refractivity contribution in [2.24, 2.45) is 0 Å². The number of carbonyl (C=O) groups excluding carboxylic acids is 1. The molecule has 0 saturated carbocycles. The molecule has 1 unspecified atom stereocenters. The molecule has 0 bridgehead atoms. The third-order valence-electron chi connectivity index (χ3n) is 5.91. The second-order valence-corrected chi connectivity index (χ2v) is 7.83. The summed E-state index contributed by atoms with van der Waals surface area (Å²) in [6.45, 7) is 0.0922. The number of benzene rings is 3. The van der Waals surface area contributed by atoms with E-state index in [9.17, 15) is 19.8 Å². The number of esters is 1. The SMILES string of the molecule is O=C1CC(c2ccc3c(c2)OCO3)c2c(c(O)c(O)c3c(=O)cc(-c4ccccc4)oc23)O1. The first kappa shape index (κ1) is 19.2. The molecular weight excluding hydrogens is 428 g/mol. The van der Waals surface area contributed by atoms with Crippen LogP contribution in [-0.2, 0) is 4.79 Å². The van der Waals surface area contributed by atoms with Crippen molar-refractivity contribution in [1.29, 1.82) is 0 Å². The molecule has 1 atom stereocenters. The maximum absolute atomic E-state index is 13.0. The molecule has 0 radical (unpaired) electrons. The van der Waals surface area contributed by atoms with E-state index in [2.05, 4.69) is 0 Å². The minimum absolute atomic E-state index is 0.0434. The molecule has 3 heterocycles. The molecular formula is C25H16O8. The minimum Gasteiger partial charge on any atom is -0.504 e. The van der Waals surface area contributed by atoms with Crippen LogP contribution < -0.4 is 19.6 Å². The lowest BCUT2D eigenvalue weighted by atomic mass is 9.84. The molecule has 3 aromatic carbocycles. The number of hydrogen-bond donors (Lipinski definition) is 2. The van der Waals surface area contributed by atoms with Gasteiger partial charge in [0.15, 0.2) is 28.4 Å². The molecule has 8 nitrogen and oxygen atoms in total. The number of rotatable bonds is 2. The lowest BCUT2D eigenvalue weighted by molar-refractivity contribution is -0.135. The Kier molecular flexibility index (Phi) is 4.10. The molecule has 0 saturated heterocycles. The van der Waals surface area contributed by atoms with Gasteiger partial charge in [0.1, 0.15) is 16.7 Å². The summed E-state index contributed by atoms with van der Waals surface area (Å²) in [5, 5.41) is 21.0. The fraction of sp³-hybridized carbons (Fsp3) is 0.120. The molecule has 0 spiro atoms. The van der Waals surface area contributed by atoms with Gasteiger partial charge in [-0.1, -0.05) is 36.4 Å². The molecule has 164 valence electrons. The van der Waals surface area contributed by atoms with Crippen LogP contribution in [0.15, 0.2) is 63.8 Å². The first-order valence-electron chi connectivity index (χ1n) is 10.2. The number of phenolic OH excluding ortho intramolecular Hbond substituents is 2. The predicted octanol–water partition coefficient (Wildman–Crippen LogP) is 4.04. The molecule has 2 aliphatic heterocycles. The smallest absolute Gasteiger partial charge is 0.312 e. The quantitative estimate of drug-likeness (QED) is 0.270. The van der Waals surface area contributed by atoms with Gasteiger partial charge in [0.05, 0.1) is 12.0 Å². The van der Waals surface area contributed by atoms with E-state index < -0.39 is 28.8 Å². The van der Waals surface area contributed by atoms with Gasteiger partial charge in [-0.05, 0) is 17.7 Å². The number of ether oxygens (including phenoxy) is 3. The van der Waals surface area contributed by atoms with E-state index in [1.165, 1.54) is 6.07 Å². The number of fused-ring (bicyclic) bond motifs is 4. The lowest BCUT2D eigenvalue weighted by Crippen LogP contribution is -2.22. The summed E-state index contributed by atoms with van der Waals surface area (Å²) in [6.07, 6.45) is -0.0643. The molecule has 2 N–H and O–H groups in total. The number of phenols is 2. The summed E-state index contributed by atoms with van der Waals surface area (Å²) in [5.41, 5.74) is 1.14. The average molecular weight is 444 g/mol. The highest BCUT2D eigenvalue weighted by Crippen LogP contribution is 2.52. The molecule has 0 fully saturated rings. The zero-order valence-electron chi connectivity index (χ0n) is 17.0. The Morgan fingerprint density at radius 2 is 1.67 bits per heavy atom. The van der Waals surface area contributed by atoms with Gasteiger partial charge in [0.25, 0.3) is 0 Å². The first-order chi connectivity index (χ1) is 16.0. The third kappa shape index (κ3) is 2.91. The van der Waals surface area contributed by atoms with Crippen LogP contribution in [0.4, 0.5) is 0 Å². The second-order valence-electron chi connectivity index (χ2n) is 7.83. The highest BCUT2D eigenvalue weighted by molar-refractivity contribution is 5.96. The van der Waals surface area contributed by atoms with Crippen LogP contribution in [0.3, 0.4) is 0 Å². The van der Waals surface area contributed by atoms with E-state index in [0.29, 0.717) is 28.2 Å². The van der Waals surface area contributed by atoms with Crippen molar-refractivity contribution < 1.29 is 33.6 Å². The van der Waals surface area contributed by atoms with E-state index in [0.717, 1.165) is 0 Å². The van der Waals surface area contributed by atoms with Crippen LogP contribution in [0.25, 0.3) is 22.3 Å². The van der Waals surface area contributed by atoms with Gasteiger partial charge >= 0.3 is 5.97 Å². The fourth-order valence-electron chi connectivity index (χ4n) is 4.37. The summed E-state index contributed by atoms with van der Waals surface area (Å²) in [5.74, 6) is -1.46. The van der Waals surface area contributed by atoms with E-state index in [1.807, 2.05) is 6.07 Å². The molecule has 33 heavy (non-hydrogen) atoms. The van der Waals surface area contributed by atoms with Gasteiger partial charge in [0, 0.05) is 17.5 Å². The van der Waals surface area contributed by atoms with Crippen LogP contribution in [0.2, 0.25) is 0 Å². The summed E-state index contributed by atoms with van der Waals surface area (Å²) in [6, 6.07) is 15.5. The molecule has 0 amide bonds. The lowest BCUT2D eigenvalue weighted by Gasteiger charge is -2.26. The van der Waals surface area contributed by atoms with Crippen LogP contribution in [0.5, 0.6) is 28.7 Å². The fourth-order valence-corrected chi connectivity index (χ4v) is 4.37. The van der Waals surface area contributed by atoms with Crippen molar-refractivity contribution in [2.45, 2.75) is 12.3 Å². The van der Waals surface area contributed by atoms with Gasteiger partial charge < -0.3 is 28.8 Å². The second kappa shape index (κ2) is 7.03. The molecule has 8 heteroatoms. The Labute approximate surface area is 186 Å². The molecule has 4 aromatic rings. The first-order valence-corrected chi connectivity index (χ1v) is 10.2. The van der Waals surface area contributed by atoms with Crippen molar-refractivity contribution in [1.82, 2.24) is 0 Å². The summed E-state index contributed by atoms with van der Waals surface area (Å²) < 4.78 is 22.3. The van der Waals surface area contributed by atoms with E-state index in [-0.39, 0.29) is 35.7 Å². The van der Waals surface area contributed by atoms with Gasteiger partial charge in [-0.25, -0.2) is 0 Å². The number of aromatic hydroxyl groups is 2. The molecule has 6 rings (SSSR count). The summed E-state index contributed by atoms with van der Waals surface area (Å²) in [4.78, 5) is 25.5. The summed E-state index contributed by atoms with van der Waals surface area (Å²) >= 11 is 0. The molecule has 1 aromatic heterocycles. The van der Waals surface area contributed by atoms with Gasteiger partial charge in [-0.2, -0.15) is 0 Å². The largest absolute Gasteiger partial charge is 0.504 e. The Morgan fingerprint density at radius 3 is 2.48 bits per heavy atom. The topological polar surface area (TPSA) is 115 Å². The van der Waals surface area contributed by atoms with Crippen molar-refractivity contribution >= 4 is 16.9 Å². The Bertz CT molecular complexity index is 1500. The normalized spacial score (nSPS) is 16.5. The van der Waals surface area contributed by atoms with Crippen LogP contribution in [0, 0.1) is 0 Å². The standard InChI is InChI=1S/C25H16O8/c26-15-10-17(12-4-2-1-3-5-12)32-24-20-14(13-6-7-16-18(8-13)31-11-30-16)9-19(27)33-25(20)23(29)22(28)21(15)24/h1-8,10,14,28-29H,9,11H2. The maximum atomic E-state index is 13.0. The summed E-state index contributed by atoms with van der Waals surface area (Å²) in [7, 11) is 0. The van der Waals surface area contributed by atoms with Crippen molar-refractivity contribution in [2.75, 3.05) is 6.79 Å². The van der Waals surface area contributed by atoms with Crippen LogP contribution in [0.1, 0.15) is 23.5 Å². The molecule has 0 aliphatic carbocycles. The van der Waals surface area contributed by atoms with Crippen molar-refractivity contribution in [3.8, 4) is 40.1 Å². The van der Waals surface area contributed by atoms with Gasteiger partial charge in [-0.15, -0.1) is 0 Å². The third-order valence-corrected chi connectivity index (χ3v) is 5.91. The van der Waals surface area contributed by atoms with Gasteiger partial charge in [0.2, 0.25) is 12.5 Å². The van der Waals surface area contributed by atoms with Crippen molar-refractivity contribution in [3.05, 3.63) is 75.9 Å². The number of hydrogen-bond acceptors (Lipinski definition) is 8. The zero-order chi connectivity index (χ0) is 22.7. The zero-order valence-corrected chi connectivity index (χ0v) is 17.0. The van der Waals surface area contributed by atoms with Crippen LogP contribution >= 0.6 is 0 Å². The Balaban J connectivity index is 1.66. The Morgan fingerprint density at radius 1 is 0.879 bits per heavy atom. The van der Waals surface area contributed by atoms with E-state index >= 15 is 0 Å². The van der Waals surface area contributed by atoms with Gasteiger partial charge in [-0.3, -0.25) is 9.59 Å². The monoisotopic (exact) mass is 444 g/mol.